The summed E-state index contributed by atoms with van der Waals surface area (Å²) in [6.45, 7) is 6.13. The predicted molar refractivity (Wildman–Crippen MR) is 110 cm³/mol. The zero-order chi connectivity index (χ0) is 21.6. The van der Waals surface area contributed by atoms with Crippen molar-refractivity contribution >= 4 is 32.8 Å². The Hall–Kier alpha value is -2.55. The molecule has 0 saturated carbocycles. The molecule has 1 atom stereocenters. The largest absolute Gasteiger partial charge is 0.451 e. The van der Waals surface area contributed by atoms with E-state index < -0.39 is 21.8 Å². The summed E-state index contributed by atoms with van der Waals surface area (Å²) in [5.74, 6) is -0.579. The standard InChI is InChI=1S/C20H28N2O6S/c1-5-27-20(24)22-14(10-13(2)3)11-21-19(23)18-16(12-29(4,25)26)15-8-6-7-9-17(15)28-18/h6-9,13-14H,5,10-12H2,1-4H3,(H,21,23)(H,22,24). The van der Waals surface area contributed by atoms with Crippen molar-refractivity contribution in [1.82, 2.24) is 10.6 Å². The highest BCUT2D eigenvalue weighted by Crippen LogP contribution is 2.27. The van der Waals surface area contributed by atoms with Gasteiger partial charge >= 0.3 is 6.09 Å². The van der Waals surface area contributed by atoms with E-state index >= 15 is 0 Å². The van der Waals surface area contributed by atoms with Crippen LogP contribution in [0.2, 0.25) is 0 Å². The van der Waals surface area contributed by atoms with Crippen LogP contribution in [-0.4, -0.2) is 45.9 Å². The molecular weight excluding hydrogens is 396 g/mol. The highest BCUT2D eigenvalue weighted by Gasteiger charge is 2.24. The molecule has 1 heterocycles. The summed E-state index contributed by atoms with van der Waals surface area (Å²) < 4.78 is 34.3. The van der Waals surface area contributed by atoms with Crippen LogP contribution in [0.3, 0.4) is 0 Å². The van der Waals surface area contributed by atoms with E-state index in [-0.39, 0.29) is 36.6 Å². The molecule has 29 heavy (non-hydrogen) atoms. The van der Waals surface area contributed by atoms with E-state index in [1.165, 1.54) is 0 Å². The van der Waals surface area contributed by atoms with Crippen LogP contribution in [0.1, 0.15) is 43.3 Å². The number of carbonyl (C=O) groups is 2. The van der Waals surface area contributed by atoms with Crippen LogP contribution in [0.15, 0.2) is 28.7 Å². The lowest BCUT2D eigenvalue weighted by Crippen LogP contribution is -2.44. The van der Waals surface area contributed by atoms with Crippen molar-refractivity contribution in [2.45, 2.75) is 39.0 Å². The molecule has 2 rings (SSSR count). The molecule has 1 aromatic heterocycles. The second kappa shape index (κ2) is 9.78. The summed E-state index contributed by atoms with van der Waals surface area (Å²) in [5.41, 5.74) is 0.777. The van der Waals surface area contributed by atoms with Crippen LogP contribution < -0.4 is 10.6 Å². The lowest BCUT2D eigenvalue weighted by Gasteiger charge is -2.20. The van der Waals surface area contributed by atoms with Crippen LogP contribution in [-0.2, 0) is 20.3 Å². The minimum absolute atomic E-state index is 0.0314. The lowest BCUT2D eigenvalue weighted by molar-refractivity contribution is 0.0918. The number of rotatable bonds is 9. The predicted octanol–water partition coefficient (Wildman–Crippen LogP) is 2.87. The van der Waals surface area contributed by atoms with Gasteiger partial charge in [-0.15, -0.1) is 0 Å². The van der Waals surface area contributed by atoms with E-state index in [0.717, 1.165) is 6.26 Å². The molecule has 0 saturated heterocycles. The number of fused-ring (bicyclic) bond motifs is 1. The minimum atomic E-state index is -3.38. The molecule has 1 aromatic carbocycles. The fourth-order valence-electron chi connectivity index (χ4n) is 3.09. The Balaban J connectivity index is 2.21. The fraction of sp³-hybridized carbons (Fsp3) is 0.500. The van der Waals surface area contributed by atoms with E-state index in [0.29, 0.717) is 23.0 Å². The molecule has 0 radical (unpaired) electrons. The van der Waals surface area contributed by atoms with Crippen molar-refractivity contribution in [2.24, 2.45) is 5.92 Å². The molecule has 0 bridgehead atoms. The Morgan fingerprint density at radius 3 is 2.52 bits per heavy atom. The summed E-state index contributed by atoms with van der Waals surface area (Å²) in [7, 11) is -3.38. The fourth-order valence-corrected chi connectivity index (χ4v) is 3.90. The second-order valence-electron chi connectivity index (χ2n) is 7.38. The van der Waals surface area contributed by atoms with Crippen molar-refractivity contribution in [3.63, 3.8) is 0 Å². The van der Waals surface area contributed by atoms with Crippen LogP contribution in [0.25, 0.3) is 11.0 Å². The third kappa shape index (κ3) is 6.77. The number of benzene rings is 1. The number of sulfone groups is 1. The maximum Gasteiger partial charge on any atom is 0.407 e. The molecule has 2 amide bonds. The van der Waals surface area contributed by atoms with E-state index in [2.05, 4.69) is 10.6 Å². The number of para-hydroxylation sites is 1. The number of carbonyl (C=O) groups excluding carboxylic acids is 2. The number of hydrogen-bond donors (Lipinski definition) is 2. The van der Waals surface area contributed by atoms with Gasteiger partial charge in [0.25, 0.3) is 5.91 Å². The molecule has 0 aliphatic heterocycles. The average Bonchev–Trinajstić information content (AvgIpc) is 2.96. The number of alkyl carbamates (subject to hydrolysis) is 1. The van der Waals surface area contributed by atoms with Crippen LogP contribution in [0.5, 0.6) is 0 Å². The summed E-state index contributed by atoms with van der Waals surface area (Å²) in [6.07, 6.45) is 1.20. The van der Waals surface area contributed by atoms with Gasteiger partial charge in [-0.05, 0) is 25.3 Å². The van der Waals surface area contributed by atoms with Crippen LogP contribution >= 0.6 is 0 Å². The van der Waals surface area contributed by atoms with Gasteiger partial charge in [0.1, 0.15) is 5.58 Å². The number of nitrogens with one attached hydrogen (secondary N) is 2. The van der Waals surface area contributed by atoms with Crippen molar-refractivity contribution in [1.29, 1.82) is 0 Å². The molecule has 2 N–H and O–H groups in total. The summed E-state index contributed by atoms with van der Waals surface area (Å²) in [5, 5.41) is 6.06. The zero-order valence-corrected chi connectivity index (χ0v) is 18.0. The smallest absolute Gasteiger partial charge is 0.407 e. The normalized spacial score (nSPS) is 12.7. The molecule has 160 valence electrons. The highest BCUT2D eigenvalue weighted by atomic mass is 32.2. The maximum atomic E-state index is 12.8. The molecule has 0 aliphatic carbocycles. The summed E-state index contributed by atoms with van der Waals surface area (Å²) in [6, 6.07) is 6.58. The molecule has 9 heteroatoms. The molecule has 2 aromatic rings. The second-order valence-corrected chi connectivity index (χ2v) is 9.52. The molecule has 0 spiro atoms. The van der Waals surface area contributed by atoms with Crippen molar-refractivity contribution < 1.29 is 27.2 Å². The molecular formula is C20H28N2O6S. The van der Waals surface area contributed by atoms with Gasteiger partial charge in [-0.1, -0.05) is 32.0 Å². The summed E-state index contributed by atoms with van der Waals surface area (Å²) >= 11 is 0. The number of ether oxygens (including phenoxy) is 1. The monoisotopic (exact) mass is 424 g/mol. The first-order chi connectivity index (χ1) is 13.6. The average molecular weight is 425 g/mol. The first-order valence-electron chi connectivity index (χ1n) is 9.50. The first kappa shape index (κ1) is 22.7. The topological polar surface area (TPSA) is 115 Å². The van der Waals surface area contributed by atoms with Crippen LogP contribution in [0, 0.1) is 5.92 Å². The lowest BCUT2D eigenvalue weighted by atomic mass is 10.0. The van der Waals surface area contributed by atoms with Gasteiger partial charge in [0.15, 0.2) is 15.6 Å². The van der Waals surface area contributed by atoms with Gasteiger partial charge in [-0.25, -0.2) is 13.2 Å². The molecule has 0 aliphatic rings. The first-order valence-corrected chi connectivity index (χ1v) is 11.6. The number of hydrogen-bond acceptors (Lipinski definition) is 6. The highest BCUT2D eigenvalue weighted by molar-refractivity contribution is 7.89. The SMILES string of the molecule is CCOC(=O)NC(CNC(=O)c1oc2ccccc2c1CS(C)(=O)=O)CC(C)C. The third-order valence-electron chi connectivity index (χ3n) is 4.17. The van der Waals surface area contributed by atoms with Gasteiger partial charge in [0, 0.05) is 29.8 Å². The van der Waals surface area contributed by atoms with E-state index in [1.54, 1.807) is 31.2 Å². The Labute approximate surface area is 170 Å². The van der Waals surface area contributed by atoms with Crippen molar-refractivity contribution in [2.75, 3.05) is 19.4 Å². The molecule has 0 fully saturated rings. The summed E-state index contributed by atoms with van der Waals surface area (Å²) in [4.78, 5) is 24.5. The van der Waals surface area contributed by atoms with Crippen LogP contribution in [0.4, 0.5) is 4.79 Å². The van der Waals surface area contributed by atoms with E-state index in [4.69, 9.17) is 9.15 Å². The van der Waals surface area contributed by atoms with Gasteiger partial charge < -0.3 is 19.8 Å². The Bertz CT molecular complexity index is 965. The molecule has 8 nitrogen and oxygen atoms in total. The Kier molecular flexibility index (Phi) is 7.66. The van der Waals surface area contributed by atoms with Gasteiger partial charge in [0.05, 0.1) is 12.4 Å². The number of amides is 2. The van der Waals surface area contributed by atoms with E-state index in [9.17, 15) is 18.0 Å². The minimum Gasteiger partial charge on any atom is -0.451 e. The maximum absolute atomic E-state index is 12.8. The Morgan fingerprint density at radius 2 is 1.90 bits per heavy atom. The number of furan rings is 1. The van der Waals surface area contributed by atoms with Crippen molar-refractivity contribution in [3.05, 3.63) is 35.6 Å². The zero-order valence-electron chi connectivity index (χ0n) is 17.2. The van der Waals surface area contributed by atoms with Gasteiger partial charge in [-0.2, -0.15) is 0 Å². The quantitative estimate of drug-likeness (QED) is 0.640. The van der Waals surface area contributed by atoms with E-state index in [1.807, 2.05) is 13.8 Å². The molecule has 1 unspecified atom stereocenters. The van der Waals surface area contributed by atoms with Gasteiger partial charge in [-0.3, -0.25) is 4.79 Å². The third-order valence-corrected chi connectivity index (χ3v) is 4.99. The Morgan fingerprint density at radius 1 is 1.21 bits per heavy atom. The van der Waals surface area contributed by atoms with Gasteiger partial charge in [0.2, 0.25) is 0 Å². The van der Waals surface area contributed by atoms with Crippen molar-refractivity contribution in [3.8, 4) is 0 Å².